The molecule has 0 aliphatic rings. The van der Waals surface area contributed by atoms with Crippen molar-refractivity contribution in [2.75, 3.05) is 12.0 Å². The summed E-state index contributed by atoms with van der Waals surface area (Å²) < 4.78 is 0. The lowest BCUT2D eigenvalue weighted by Crippen LogP contribution is -2.28. The normalized spacial score (nSPS) is 15.6. The van der Waals surface area contributed by atoms with E-state index in [1.807, 2.05) is 20.1 Å². The average molecular weight is 190 g/mol. The van der Waals surface area contributed by atoms with E-state index in [1.165, 1.54) is 0 Å². The topological polar surface area (TPSA) is 37.3 Å². The lowest BCUT2D eigenvalue weighted by Gasteiger charge is -2.23. The van der Waals surface area contributed by atoms with Gasteiger partial charge in [0.15, 0.2) is 0 Å². The second-order valence-corrected chi connectivity index (χ2v) is 4.34. The van der Waals surface area contributed by atoms with Gasteiger partial charge in [0.25, 0.3) is 0 Å². The highest BCUT2D eigenvalue weighted by Gasteiger charge is 2.31. The summed E-state index contributed by atoms with van der Waals surface area (Å²) in [6.45, 7) is 3.87. The fourth-order valence-electron chi connectivity index (χ4n) is 1.22. The van der Waals surface area contributed by atoms with E-state index in [1.54, 1.807) is 11.8 Å². The fourth-order valence-corrected chi connectivity index (χ4v) is 1.87. The van der Waals surface area contributed by atoms with Crippen molar-refractivity contribution in [1.29, 1.82) is 0 Å². The number of rotatable bonds is 6. The number of carboxylic acid groups (broad SMARTS) is 1. The molecule has 0 spiro atoms. The molecule has 0 radical (unpaired) electrons. The Balaban J connectivity index is 4.08. The lowest BCUT2D eigenvalue weighted by molar-refractivity contribution is -0.148. The zero-order valence-electron chi connectivity index (χ0n) is 8.09. The quantitative estimate of drug-likeness (QED) is 0.699. The third kappa shape index (κ3) is 3.48. The smallest absolute Gasteiger partial charge is 0.309 e. The summed E-state index contributed by atoms with van der Waals surface area (Å²) in [5.41, 5.74) is -0.502. The number of thioether (sulfide) groups is 1. The summed E-state index contributed by atoms with van der Waals surface area (Å²) in [7, 11) is 0. The van der Waals surface area contributed by atoms with Gasteiger partial charge in [-0.15, -0.1) is 0 Å². The van der Waals surface area contributed by atoms with Crippen molar-refractivity contribution in [3.05, 3.63) is 0 Å². The van der Waals surface area contributed by atoms with Crippen LogP contribution in [0, 0.1) is 5.41 Å². The summed E-state index contributed by atoms with van der Waals surface area (Å²) >= 11 is 1.71. The second-order valence-electron chi connectivity index (χ2n) is 3.36. The zero-order valence-corrected chi connectivity index (χ0v) is 8.91. The van der Waals surface area contributed by atoms with Crippen LogP contribution in [-0.4, -0.2) is 23.1 Å². The van der Waals surface area contributed by atoms with E-state index < -0.39 is 11.4 Å². The predicted molar refractivity (Wildman–Crippen MR) is 53.6 cm³/mol. The molecule has 0 aromatic carbocycles. The zero-order chi connectivity index (χ0) is 9.61. The van der Waals surface area contributed by atoms with E-state index in [0.29, 0.717) is 0 Å². The second kappa shape index (κ2) is 5.46. The molecule has 0 fully saturated rings. The molecule has 3 heteroatoms. The molecule has 12 heavy (non-hydrogen) atoms. The van der Waals surface area contributed by atoms with Gasteiger partial charge in [-0.25, -0.2) is 0 Å². The first kappa shape index (κ1) is 11.8. The highest BCUT2D eigenvalue weighted by atomic mass is 32.2. The minimum Gasteiger partial charge on any atom is -0.481 e. The van der Waals surface area contributed by atoms with Crippen molar-refractivity contribution < 1.29 is 9.90 Å². The maximum Gasteiger partial charge on any atom is 0.309 e. The van der Waals surface area contributed by atoms with E-state index in [4.69, 9.17) is 5.11 Å². The number of carboxylic acids is 1. The molecule has 0 amide bonds. The first-order valence-corrected chi connectivity index (χ1v) is 5.68. The van der Waals surface area contributed by atoms with Crippen molar-refractivity contribution in [1.82, 2.24) is 0 Å². The summed E-state index contributed by atoms with van der Waals surface area (Å²) in [5.74, 6) is 0.279. The van der Waals surface area contributed by atoms with E-state index in [-0.39, 0.29) is 0 Å². The molecule has 1 unspecified atom stereocenters. The Bertz CT molecular complexity index is 147. The molecule has 0 aliphatic heterocycles. The monoisotopic (exact) mass is 190 g/mol. The lowest BCUT2D eigenvalue weighted by atomic mass is 9.83. The van der Waals surface area contributed by atoms with Crippen LogP contribution < -0.4 is 0 Å². The maximum absolute atomic E-state index is 10.9. The van der Waals surface area contributed by atoms with Gasteiger partial charge in [0.2, 0.25) is 0 Å². The Morgan fingerprint density at radius 3 is 2.42 bits per heavy atom. The summed E-state index contributed by atoms with van der Waals surface area (Å²) in [6, 6.07) is 0. The fraction of sp³-hybridized carbons (Fsp3) is 0.889. The van der Waals surface area contributed by atoms with Crippen LogP contribution in [0.2, 0.25) is 0 Å². The van der Waals surface area contributed by atoms with Gasteiger partial charge in [0.1, 0.15) is 0 Å². The van der Waals surface area contributed by atoms with Crippen molar-refractivity contribution in [3.8, 4) is 0 Å². The SMILES string of the molecule is CCCC(C)(CCSC)C(=O)O. The van der Waals surface area contributed by atoms with Crippen molar-refractivity contribution in [2.45, 2.75) is 33.1 Å². The largest absolute Gasteiger partial charge is 0.481 e. The molecule has 0 aromatic heterocycles. The first-order valence-electron chi connectivity index (χ1n) is 4.29. The summed E-state index contributed by atoms with van der Waals surface area (Å²) in [6.07, 6.45) is 4.51. The van der Waals surface area contributed by atoms with Gasteiger partial charge in [0.05, 0.1) is 5.41 Å². The van der Waals surface area contributed by atoms with Crippen molar-refractivity contribution in [3.63, 3.8) is 0 Å². The van der Waals surface area contributed by atoms with Crippen LogP contribution in [0.25, 0.3) is 0 Å². The van der Waals surface area contributed by atoms with Gasteiger partial charge in [-0.2, -0.15) is 11.8 Å². The molecule has 72 valence electrons. The minimum atomic E-state index is -0.654. The highest BCUT2D eigenvalue weighted by Crippen LogP contribution is 2.29. The van der Waals surface area contributed by atoms with Crippen LogP contribution in [0.1, 0.15) is 33.1 Å². The molecule has 0 aliphatic carbocycles. The Labute approximate surface area is 78.7 Å². The molecule has 1 N–H and O–H groups in total. The van der Waals surface area contributed by atoms with Gasteiger partial charge >= 0.3 is 5.97 Å². The Kier molecular flexibility index (Phi) is 5.38. The molecule has 0 saturated heterocycles. The molecule has 1 atom stereocenters. The molecule has 0 heterocycles. The molecule has 0 aromatic rings. The Hall–Kier alpha value is -0.180. The number of hydrogen-bond donors (Lipinski definition) is 1. The Morgan fingerprint density at radius 2 is 2.08 bits per heavy atom. The van der Waals surface area contributed by atoms with Gasteiger partial charge in [-0.3, -0.25) is 4.79 Å². The van der Waals surface area contributed by atoms with Gasteiger partial charge in [0, 0.05) is 0 Å². The molecule has 0 bridgehead atoms. The number of carbonyl (C=O) groups is 1. The van der Waals surface area contributed by atoms with Crippen molar-refractivity contribution >= 4 is 17.7 Å². The van der Waals surface area contributed by atoms with Gasteiger partial charge < -0.3 is 5.11 Å². The third-order valence-electron chi connectivity index (χ3n) is 2.18. The molecule has 0 rings (SSSR count). The van der Waals surface area contributed by atoms with E-state index in [9.17, 15) is 4.79 Å². The molecule has 2 nitrogen and oxygen atoms in total. The Morgan fingerprint density at radius 1 is 1.50 bits per heavy atom. The first-order chi connectivity index (χ1) is 5.56. The summed E-state index contributed by atoms with van der Waals surface area (Å²) in [4.78, 5) is 10.9. The van der Waals surface area contributed by atoms with E-state index >= 15 is 0 Å². The van der Waals surface area contributed by atoms with Crippen LogP contribution in [0.4, 0.5) is 0 Å². The maximum atomic E-state index is 10.9. The molecule has 0 saturated carbocycles. The standard InChI is InChI=1S/C9H18O2S/c1-4-5-9(2,8(10)11)6-7-12-3/h4-7H2,1-3H3,(H,10,11). The predicted octanol–water partition coefficient (Wildman–Crippen LogP) is 2.63. The van der Waals surface area contributed by atoms with Crippen LogP contribution in [0.5, 0.6) is 0 Å². The highest BCUT2D eigenvalue weighted by molar-refractivity contribution is 7.98. The van der Waals surface area contributed by atoms with Crippen LogP contribution in [-0.2, 0) is 4.79 Å². The van der Waals surface area contributed by atoms with Crippen LogP contribution >= 0.6 is 11.8 Å². The number of aliphatic carboxylic acids is 1. The average Bonchev–Trinajstić information content (AvgIpc) is 2.01. The third-order valence-corrected chi connectivity index (χ3v) is 2.79. The van der Waals surface area contributed by atoms with Gasteiger partial charge in [-0.1, -0.05) is 13.3 Å². The summed E-state index contributed by atoms with van der Waals surface area (Å²) in [5, 5.41) is 8.98. The van der Waals surface area contributed by atoms with E-state index in [2.05, 4.69) is 0 Å². The molecular formula is C9H18O2S. The van der Waals surface area contributed by atoms with Gasteiger partial charge in [-0.05, 0) is 31.8 Å². The van der Waals surface area contributed by atoms with Crippen molar-refractivity contribution in [2.24, 2.45) is 5.41 Å². The van der Waals surface area contributed by atoms with E-state index in [0.717, 1.165) is 25.0 Å². The van der Waals surface area contributed by atoms with Crippen LogP contribution in [0.3, 0.4) is 0 Å². The number of hydrogen-bond acceptors (Lipinski definition) is 2. The molecular weight excluding hydrogens is 172 g/mol. The van der Waals surface area contributed by atoms with Crippen LogP contribution in [0.15, 0.2) is 0 Å². The minimum absolute atomic E-state index is 0.502.